The predicted octanol–water partition coefficient (Wildman–Crippen LogP) is 0.674. The maximum atomic E-state index is 12.4. The van der Waals surface area contributed by atoms with E-state index in [2.05, 4.69) is 4.72 Å². The first-order valence-electron chi connectivity index (χ1n) is 6.25. The number of aryl methyl sites for hydroxylation is 2. The van der Waals surface area contributed by atoms with Crippen LogP contribution in [0.5, 0.6) is 0 Å². The van der Waals surface area contributed by atoms with Crippen molar-refractivity contribution < 1.29 is 13.2 Å². The first-order valence-corrected chi connectivity index (χ1v) is 7.73. The largest absolute Gasteiger partial charge is 0.397 e. The zero-order valence-electron chi connectivity index (χ0n) is 12.1. The third-order valence-corrected chi connectivity index (χ3v) is 4.78. The summed E-state index contributed by atoms with van der Waals surface area (Å²) >= 11 is 0. The number of carbonyl (C=O) groups is 1. The van der Waals surface area contributed by atoms with E-state index in [-0.39, 0.29) is 16.5 Å². The number of benzene rings is 1. The predicted molar refractivity (Wildman–Crippen MR) is 78.5 cm³/mol. The SMILES string of the molecule is Cc1ccc(C)c(S(=O)(=O)NC(C(N)=O)C(C)C)c1N. The Morgan fingerprint density at radius 2 is 1.70 bits per heavy atom. The second-order valence-electron chi connectivity index (χ2n) is 5.19. The Bertz CT molecular complexity index is 624. The van der Waals surface area contributed by atoms with Crippen molar-refractivity contribution in [1.82, 2.24) is 4.72 Å². The van der Waals surface area contributed by atoms with Gasteiger partial charge >= 0.3 is 0 Å². The molecular weight excluding hydrogens is 278 g/mol. The second-order valence-corrected chi connectivity index (χ2v) is 6.84. The Balaban J connectivity index is 3.31. The maximum Gasteiger partial charge on any atom is 0.243 e. The number of nitrogen functional groups attached to an aromatic ring is 1. The fourth-order valence-corrected chi connectivity index (χ4v) is 3.70. The molecule has 0 bridgehead atoms. The third-order valence-electron chi connectivity index (χ3n) is 3.13. The Morgan fingerprint density at radius 3 is 2.15 bits per heavy atom. The summed E-state index contributed by atoms with van der Waals surface area (Å²) in [4.78, 5) is 11.4. The molecule has 0 aliphatic heterocycles. The zero-order valence-corrected chi connectivity index (χ0v) is 12.9. The van der Waals surface area contributed by atoms with Crippen LogP contribution >= 0.6 is 0 Å². The molecule has 1 unspecified atom stereocenters. The van der Waals surface area contributed by atoms with Crippen LogP contribution in [0.3, 0.4) is 0 Å². The molecule has 0 saturated heterocycles. The van der Waals surface area contributed by atoms with Crippen LogP contribution in [0.15, 0.2) is 17.0 Å². The molecule has 1 aromatic rings. The van der Waals surface area contributed by atoms with Gasteiger partial charge in [-0.05, 0) is 30.9 Å². The third kappa shape index (κ3) is 3.29. The number of rotatable bonds is 5. The summed E-state index contributed by atoms with van der Waals surface area (Å²) in [7, 11) is -3.91. The summed E-state index contributed by atoms with van der Waals surface area (Å²) in [5.74, 6) is -0.971. The quantitative estimate of drug-likeness (QED) is 0.693. The molecule has 1 aromatic carbocycles. The first kappa shape index (κ1) is 16.5. The molecule has 7 heteroatoms. The van der Waals surface area contributed by atoms with E-state index < -0.39 is 22.0 Å². The number of hydrogen-bond acceptors (Lipinski definition) is 4. The molecule has 1 amide bonds. The van der Waals surface area contributed by atoms with Crippen LogP contribution in [0, 0.1) is 19.8 Å². The highest BCUT2D eigenvalue weighted by Crippen LogP contribution is 2.26. The Morgan fingerprint density at radius 1 is 1.20 bits per heavy atom. The van der Waals surface area contributed by atoms with Gasteiger partial charge in [-0.1, -0.05) is 26.0 Å². The van der Waals surface area contributed by atoms with Crippen LogP contribution in [0.2, 0.25) is 0 Å². The highest BCUT2D eigenvalue weighted by molar-refractivity contribution is 7.89. The van der Waals surface area contributed by atoms with Crippen molar-refractivity contribution in [2.75, 3.05) is 5.73 Å². The number of amides is 1. The van der Waals surface area contributed by atoms with Crippen molar-refractivity contribution in [3.8, 4) is 0 Å². The van der Waals surface area contributed by atoms with Crippen molar-refractivity contribution in [2.45, 2.75) is 38.6 Å². The smallest absolute Gasteiger partial charge is 0.243 e. The Kier molecular flexibility index (Phi) is 4.77. The molecule has 6 nitrogen and oxygen atoms in total. The average molecular weight is 299 g/mol. The van der Waals surface area contributed by atoms with Crippen molar-refractivity contribution in [1.29, 1.82) is 0 Å². The van der Waals surface area contributed by atoms with Gasteiger partial charge in [0.05, 0.1) is 5.69 Å². The summed E-state index contributed by atoms with van der Waals surface area (Å²) in [5, 5.41) is 0. The van der Waals surface area contributed by atoms with Crippen molar-refractivity contribution in [3.63, 3.8) is 0 Å². The Hall–Kier alpha value is -1.60. The van der Waals surface area contributed by atoms with Gasteiger partial charge in [0.25, 0.3) is 0 Å². The number of nitrogens with two attached hydrogens (primary N) is 2. The van der Waals surface area contributed by atoms with Crippen LogP contribution in [0.4, 0.5) is 5.69 Å². The van der Waals surface area contributed by atoms with Gasteiger partial charge in [-0.15, -0.1) is 0 Å². The van der Waals surface area contributed by atoms with Gasteiger partial charge in [0.2, 0.25) is 15.9 Å². The fraction of sp³-hybridized carbons (Fsp3) is 0.462. The highest BCUT2D eigenvalue weighted by atomic mass is 32.2. The minimum atomic E-state index is -3.91. The summed E-state index contributed by atoms with van der Waals surface area (Å²) in [5.41, 5.74) is 12.5. The molecule has 112 valence electrons. The summed E-state index contributed by atoms with van der Waals surface area (Å²) in [6.07, 6.45) is 0. The lowest BCUT2D eigenvalue weighted by Gasteiger charge is -2.21. The van der Waals surface area contributed by atoms with Crippen molar-refractivity contribution in [2.24, 2.45) is 11.7 Å². The zero-order chi connectivity index (χ0) is 15.7. The van der Waals surface area contributed by atoms with Gasteiger partial charge in [-0.3, -0.25) is 4.79 Å². The molecule has 0 aliphatic carbocycles. The standard InChI is InChI=1S/C13H21N3O3S/c1-7(2)11(13(15)17)16-20(18,19)12-9(4)6-5-8(3)10(12)14/h5-7,11,16H,14H2,1-4H3,(H2,15,17). The van der Waals surface area contributed by atoms with Gasteiger partial charge in [0, 0.05) is 0 Å². The lowest BCUT2D eigenvalue weighted by Crippen LogP contribution is -2.47. The number of anilines is 1. The van der Waals surface area contributed by atoms with Crippen molar-refractivity contribution in [3.05, 3.63) is 23.3 Å². The van der Waals surface area contributed by atoms with Crippen LogP contribution in [-0.4, -0.2) is 20.4 Å². The van der Waals surface area contributed by atoms with Gasteiger partial charge in [-0.2, -0.15) is 4.72 Å². The normalized spacial score (nSPS) is 13.4. The summed E-state index contributed by atoms with van der Waals surface area (Å²) in [6.45, 7) is 6.80. The second kappa shape index (κ2) is 5.80. The van der Waals surface area contributed by atoms with Gasteiger partial charge in [0.15, 0.2) is 0 Å². The van der Waals surface area contributed by atoms with Gasteiger partial charge in [0.1, 0.15) is 10.9 Å². The summed E-state index contributed by atoms with van der Waals surface area (Å²) < 4.78 is 27.2. The molecule has 1 rings (SSSR count). The van der Waals surface area contributed by atoms with E-state index in [0.717, 1.165) is 0 Å². The minimum Gasteiger partial charge on any atom is -0.397 e. The number of sulfonamides is 1. The first-order chi connectivity index (χ1) is 9.08. The molecule has 5 N–H and O–H groups in total. The molecular formula is C13H21N3O3S. The molecule has 0 radical (unpaired) electrons. The fourth-order valence-electron chi connectivity index (χ4n) is 1.91. The molecule has 0 saturated carbocycles. The van der Waals surface area contributed by atoms with E-state index in [4.69, 9.17) is 11.5 Å². The number of primary amides is 1. The van der Waals surface area contributed by atoms with E-state index in [1.165, 1.54) is 0 Å². The van der Waals surface area contributed by atoms with Gasteiger partial charge in [-0.25, -0.2) is 8.42 Å². The highest BCUT2D eigenvalue weighted by Gasteiger charge is 2.29. The van der Waals surface area contributed by atoms with E-state index in [0.29, 0.717) is 11.1 Å². The molecule has 20 heavy (non-hydrogen) atoms. The molecule has 0 aromatic heterocycles. The topological polar surface area (TPSA) is 115 Å². The van der Waals surface area contributed by atoms with E-state index in [9.17, 15) is 13.2 Å². The maximum absolute atomic E-state index is 12.4. The van der Waals surface area contributed by atoms with E-state index >= 15 is 0 Å². The van der Waals surface area contributed by atoms with Crippen LogP contribution in [0.25, 0.3) is 0 Å². The van der Waals surface area contributed by atoms with Crippen LogP contribution in [0.1, 0.15) is 25.0 Å². The molecule has 0 fully saturated rings. The minimum absolute atomic E-state index is 0.00407. The number of nitrogens with one attached hydrogen (secondary N) is 1. The average Bonchev–Trinajstić information content (AvgIpc) is 2.30. The molecule has 0 aliphatic rings. The number of hydrogen-bond donors (Lipinski definition) is 3. The molecule has 0 spiro atoms. The molecule has 1 atom stereocenters. The molecule has 0 heterocycles. The summed E-state index contributed by atoms with van der Waals surface area (Å²) in [6, 6.07) is 2.45. The van der Waals surface area contributed by atoms with E-state index in [1.54, 1.807) is 39.8 Å². The van der Waals surface area contributed by atoms with Gasteiger partial charge < -0.3 is 11.5 Å². The Labute approximate surface area is 119 Å². The number of carbonyl (C=O) groups excluding carboxylic acids is 1. The lowest BCUT2D eigenvalue weighted by atomic mass is 10.1. The van der Waals surface area contributed by atoms with Crippen LogP contribution < -0.4 is 16.2 Å². The van der Waals surface area contributed by atoms with Crippen molar-refractivity contribution >= 4 is 21.6 Å². The van der Waals surface area contributed by atoms with E-state index in [1.807, 2.05) is 0 Å². The monoisotopic (exact) mass is 299 g/mol. The lowest BCUT2D eigenvalue weighted by molar-refractivity contribution is -0.120. The van der Waals surface area contributed by atoms with Crippen LogP contribution in [-0.2, 0) is 14.8 Å².